The number of amides is 1. The fraction of sp³-hybridized carbons (Fsp3) is 0.462. The minimum atomic E-state index is -0.844. The van der Waals surface area contributed by atoms with Gasteiger partial charge in [0.2, 0.25) is 0 Å². The molecule has 0 aliphatic heterocycles. The number of aliphatic hydroxyl groups is 1. The molecule has 6 nitrogen and oxygen atoms in total. The summed E-state index contributed by atoms with van der Waals surface area (Å²) in [7, 11) is 0. The molecule has 1 aliphatic rings. The van der Waals surface area contributed by atoms with Gasteiger partial charge >= 0.3 is 0 Å². The zero-order valence-electron chi connectivity index (χ0n) is 10.8. The van der Waals surface area contributed by atoms with Crippen molar-refractivity contribution in [3.8, 4) is 0 Å². The van der Waals surface area contributed by atoms with E-state index in [2.05, 4.69) is 21.2 Å². The van der Waals surface area contributed by atoms with Gasteiger partial charge in [-0.15, -0.1) is 0 Å². The number of non-ortho nitro benzene ring substituents is 1. The lowest BCUT2D eigenvalue weighted by molar-refractivity contribution is -0.384. The Hall–Kier alpha value is -1.47. The summed E-state index contributed by atoms with van der Waals surface area (Å²) in [4.78, 5) is 22.2. The normalized spacial score (nSPS) is 16.9. The van der Waals surface area contributed by atoms with E-state index in [1.165, 1.54) is 18.2 Å². The van der Waals surface area contributed by atoms with Crippen LogP contribution < -0.4 is 5.32 Å². The number of nitro benzene ring substituents is 1. The monoisotopic (exact) mass is 342 g/mol. The molecule has 7 heteroatoms. The molecule has 0 unspecified atom stereocenters. The Morgan fingerprint density at radius 3 is 2.70 bits per heavy atom. The summed E-state index contributed by atoms with van der Waals surface area (Å²) in [5, 5.41) is 23.5. The summed E-state index contributed by atoms with van der Waals surface area (Å²) < 4.78 is 0.485. The number of benzene rings is 1. The first kappa shape index (κ1) is 14.9. The van der Waals surface area contributed by atoms with Gasteiger partial charge in [0.1, 0.15) is 0 Å². The van der Waals surface area contributed by atoms with Crippen molar-refractivity contribution >= 4 is 27.5 Å². The Balaban J connectivity index is 2.08. The van der Waals surface area contributed by atoms with E-state index in [1.807, 2.05) is 0 Å². The highest BCUT2D eigenvalue weighted by Crippen LogP contribution is 2.29. The fourth-order valence-electron chi connectivity index (χ4n) is 2.35. The predicted octanol–water partition coefficient (Wildman–Crippen LogP) is 2.39. The lowest BCUT2D eigenvalue weighted by Crippen LogP contribution is -2.40. The quantitative estimate of drug-likeness (QED) is 0.649. The van der Waals surface area contributed by atoms with E-state index in [4.69, 9.17) is 0 Å². The largest absolute Gasteiger partial charge is 0.388 e. The number of rotatable bonds is 4. The first-order chi connectivity index (χ1) is 9.41. The van der Waals surface area contributed by atoms with Gasteiger partial charge in [-0.25, -0.2) is 0 Å². The second-order valence-corrected chi connectivity index (χ2v) is 5.89. The Morgan fingerprint density at radius 1 is 1.45 bits per heavy atom. The number of carbonyl (C=O) groups is 1. The maximum atomic E-state index is 12.1. The number of nitrogens with zero attached hydrogens (tertiary/aromatic N) is 1. The molecular weight excluding hydrogens is 328 g/mol. The van der Waals surface area contributed by atoms with Crippen LogP contribution >= 0.6 is 15.9 Å². The molecule has 0 aromatic heterocycles. The van der Waals surface area contributed by atoms with Gasteiger partial charge in [0.25, 0.3) is 11.6 Å². The van der Waals surface area contributed by atoms with Gasteiger partial charge in [-0.3, -0.25) is 14.9 Å². The molecule has 1 aromatic carbocycles. The molecular formula is C13H15BrN2O4. The van der Waals surface area contributed by atoms with Gasteiger partial charge in [0.05, 0.1) is 16.1 Å². The van der Waals surface area contributed by atoms with E-state index in [0.717, 1.165) is 12.8 Å². The van der Waals surface area contributed by atoms with Crippen molar-refractivity contribution in [3.05, 3.63) is 38.3 Å². The molecule has 108 valence electrons. The molecule has 0 bridgehead atoms. The molecule has 0 saturated heterocycles. The SMILES string of the molecule is O=C(NCC1(O)CCCC1)c1cc([N+](=O)[O-])ccc1Br. The van der Waals surface area contributed by atoms with Crippen molar-refractivity contribution in [1.82, 2.24) is 5.32 Å². The maximum Gasteiger partial charge on any atom is 0.270 e. The van der Waals surface area contributed by atoms with Crippen molar-refractivity contribution in [2.24, 2.45) is 0 Å². The topological polar surface area (TPSA) is 92.5 Å². The van der Waals surface area contributed by atoms with Crippen LogP contribution in [0.1, 0.15) is 36.0 Å². The fourth-order valence-corrected chi connectivity index (χ4v) is 2.78. The molecule has 1 amide bonds. The molecule has 0 radical (unpaired) electrons. The number of hydrogen-bond donors (Lipinski definition) is 2. The molecule has 1 saturated carbocycles. The Labute approximate surface area is 124 Å². The third-order valence-corrected chi connectivity index (χ3v) is 4.21. The van der Waals surface area contributed by atoms with Crippen LogP contribution in [0.4, 0.5) is 5.69 Å². The van der Waals surface area contributed by atoms with Crippen molar-refractivity contribution < 1.29 is 14.8 Å². The van der Waals surface area contributed by atoms with Gasteiger partial charge in [0.15, 0.2) is 0 Å². The highest BCUT2D eigenvalue weighted by atomic mass is 79.9. The lowest BCUT2D eigenvalue weighted by Gasteiger charge is -2.22. The van der Waals surface area contributed by atoms with Crippen LogP contribution in [0.5, 0.6) is 0 Å². The molecule has 0 atom stereocenters. The van der Waals surface area contributed by atoms with E-state index in [9.17, 15) is 20.0 Å². The highest BCUT2D eigenvalue weighted by Gasteiger charge is 2.31. The molecule has 20 heavy (non-hydrogen) atoms. The van der Waals surface area contributed by atoms with Gasteiger partial charge < -0.3 is 10.4 Å². The van der Waals surface area contributed by atoms with Gasteiger partial charge in [-0.2, -0.15) is 0 Å². The summed E-state index contributed by atoms with van der Waals surface area (Å²) in [5.41, 5.74) is -0.790. The predicted molar refractivity (Wildman–Crippen MR) is 76.5 cm³/mol. The molecule has 1 aliphatic carbocycles. The molecule has 0 spiro atoms. The van der Waals surface area contributed by atoms with E-state index in [0.29, 0.717) is 17.3 Å². The summed E-state index contributed by atoms with van der Waals surface area (Å²) in [6.07, 6.45) is 3.24. The van der Waals surface area contributed by atoms with Crippen LogP contribution in [0, 0.1) is 10.1 Å². The molecule has 2 N–H and O–H groups in total. The second kappa shape index (κ2) is 5.88. The number of nitrogens with one attached hydrogen (secondary N) is 1. The molecule has 1 fully saturated rings. The Morgan fingerprint density at radius 2 is 2.10 bits per heavy atom. The number of nitro groups is 1. The van der Waals surface area contributed by atoms with Crippen molar-refractivity contribution in [3.63, 3.8) is 0 Å². The minimum Gasteiger partial charge on any atom is -0.388 e. The Kier molecular flexibility index (Phi) is 4.39. The third kappa shape index (κ3) is 3.34. The van der Waals surface area contributed by atoms with Gasteiger partial charge in [-0.1, -0.05) is 12.8 Å². The zero-order chi connectivity index (χ0) is 14.8. The van der Waals surface area contributed by atoms with Gasteiger partial charge in [-0.05, 0) is 34.8 Å². The highest BCUT2D eigenvalue weighted by molar-refractivity contribution is 9.10. The van der Waals surface area contributed by atoms with Crippen LogP contribution in [0.25, 0.3) is 0 Å². The molecule has 2 rings (SSSR count). The smallest absolute Gasteiger partial charge is 0.270 e. The first-order valence-corrected chi connectivity index (χ1v) is 7.15. The summed E-state index contributed by atoms with van der Waals surface area (Å²) >= 11 is 3.20. The van der Waals surface area contributed by atoms with Gasteiger partial charge in [0, 0.05) is 23.2 Å². The lowest BCUT2D eigenvalue weighted by atomic mass is 10.0. The summed E-state index contributed by atoms with van der Waals surface area (Å²) in [6.45, 7) is 0.168. The average molecular weight is 343 g/mol. The zero-order valence-corrected chi connectivity index (χ0v) is 12.4. The Bertz CT molecular complexity index is 541. The second-order valence-electron chi connectivity index (χ2n) is 5.04. The summed E-state index contributed by atoms with van der Waals surface area (Å²) in [5.74, 6) is -0.430. The average Bonchev–Trinajstić information content (AvgIpc) is 2.84. The first-order valence-electron chi connectivity index (χ1n) is 6.36. The van der Waals surface area contributed by atoms with Crippen molar-refractivity contribution in [2.75, 3.05) is 6.54 Å². The van der Waals surface area contributed by atoms with Crippen LogP contribution in [-0.4, -0.2) is 28.1 Å². The summed E-state index contributed by atoms with van der Waals surface area (Å²) in [6, 6.07) is 4.01. The standard InChI is InChI=1S/C13H15BrN2O4/c14-11-4-3-9(16(19)20)7-10(11)12(17)15-8-13(18)5-1-2-6-13/h3-4,7,18H,1-2,5-6,8H2,(H,15,17). The van der Waals surface area contributed by atoms with Crippen LogP contribution in [0.15, 0.2) is 22.7 Å². The minimum absolute atomic E-state index is 0.141. The van der Waals surface area contributed by atoms with E-state index in [1.54, 1.807) is 0 Å². The van der Waals surface area contributed by atoms with Crippen molar-refractivity contribution in [2.45, 2.75) is 31.3 Å². The number of carbonyl (C=O) groups excluding carboxylic acids is 1. The van der Waals surface area contributed by atoms with Crippen LogP contribution in [0.2, 0.25) is 0 Å². The van der Waals surface area contributed by atoms with E-state index >= 15 is 0 Å². The maximum absolute atomic E-state index is 12.1. The number of hydrogen-bond acceptors (Lipinski definition) is 4. The molecule has 1 aromatic rings. The molecule has 0 heterocycles. The van der Waals surface area contributed by atoms with Crippen LogP contribution in [-0.2, 0) is 0 Å². The van der Waals surface area contributed by atoms with Crippen LogP contribution in [0.3, 0.4) is 0 Å². The van der Waals surface area contributed by atoms with Crippen molar-refractivity contribution in [1.29, 1.82) is 0 Å². The van der Waals surface area contributed by atoms with E-state index < -0.39 is 16.4 Å². The van der Waals surface area contributed by atoms with E-state index in [-0.39, 0.29) is 17.8 Å². The number of halogens is 1. The third-order valence-electron chi connectivity index (χ3n) is 3.52.